The summed E-state index contributed by atoms with van der Waals surface area (Å²) in [4.78, 5) is 25.6. The zero-order valence-electron chi connectivity index (χ0n) is 12.0. The molecule has 0 aliphatic heterocycles. The van der Waals surface area contributed by atoms with Crippen molar-refractivity contribution in [2.45, 2.75) is 76.8 Å². The van der Waals surface area contributed by atoms with E-state index in [4.69, 9.17) is 0 Å². The van der Waals surface area contributed by atoms with E-state index in [1.165, 1.54) is 6.92 Å². The maximum absolute atomic E-state index is 12.0. The zero-order chi connectivity index (χ0) is 14.0. The lowest BCUT2D eigenvalue weighted by atomic mass is 9.87. The van der Waals surface area contributed by atoms with E-state index in [9.17, 15) is 14.7 Å². The summed E-state index contributed by atoms with van der Waals surface area (Å²) in [5, 5.41) is 9.77. The van der Waals surface area contributed by atoms with E-state index in [1.54, 1.807) is 4.90 Å². The van der Waals surface area contributed by atoms with E-state index in [2.05, 4.69) is 6.92 Å². The van der Waals surface area contributed by atoms with E-state index in [-0.39, 0.29) is 11.9 Å². The first-order valence-corrected chi connectivity index (χ1v) is 7.54. The fourth-order valence-corrected chi connectivity index (χ4v) is 3.60. The zero-order valence-corrected chi connectivity index (χ0v) is 12.0. The summed E-state index contributed by atoms with van der Waals surface area (Å²) < 4.78 is 0. The number of carbonyl (C=O) groups excluding carboxylic acids is 1. The third-order valence-electron chi connectivity index (χ3n) is 4.86. The molecule has 2 saturated carbocycles. The van der Waals surface area contributed by atoms with Crippen molar-refractivity contribution in [1.82, 2.24) is 4.90 Å². The lowest BCUT2D eigenvalue weighted by Crippen LogP contribution is -2.57. The lowest BCUT2D eigenvalue weighted by molar-refractivity contribution is -0.160. The fraction of sp³-hybridized carbons (Fsp3) is 0.867. The van der Waals surface area contributed by atoms with Gasteiger partial charge in [0.25, 0.3) is 0 Å². The fourth-order valence-electron chi connectivity index (χ4n) is 3.60. The summed E-state index contributed by atoms with van der Waals surface area (Å²) in [6.45, 7) is 3.69. The number of amides is 1. The van der Waals surface area contributed by atoms with Gasteiger partial charge >= 0.3 is 5.97 Å². The Labute approximate surface area is 115 Å². The van der Waals surface area contributed by atoms with Crippen molar-refractivity contribution in [3.8, 4) is 0 Å². The molecule has 1 amide bonds. The molecule has 0 aromatic rings. The molecule has 0 aromatic carbocycles. The smallest absolute Gasteiger partial charge is 0.329 e. The van der Waals surface area contributed by atoms with Gasteiger partial charge < -0.3 is 10.0 Å². The third-order valence-corrected chi connectivity index (χ3v) is 4.86. The van der Waals surface area contributed by atoms with Crippen molar-refractivity contribution in [2.75, 3.05) is 0 Å². The first-order valence-electron chi connectivity index (χ1n) is 7.54. The van der Waals surface area contributed by atoms with Gasteiger partial charge in [0, 0.05) is 13.0 Å². The predicted octanol–water partition coefficient (Wildman–Crippen LogP) is 2.81. The Balaban J connectivity index is 2.25. The van der Waals surface area contributed by atoms with E-state index >= 15 is 0 Å². The summed E-state index contributed by atoms with van der Waals surface area (Å²) in [5.74, 6) is -0.250. The number of carbonyl (C=O) groups is 2. The topological polar surface area (TPSA) is 57.6 Å². The highest BCUT2D eigenvalue weighted by Crippen LogP contribution is 2.42. The Morgan fingerprint density at radius 1 is 1.21 bits per heavy atom. The molecule has 2 atom stereocenters. The van der Waals surface area contributed by atoms with Gasteiger partial charge in [-0.15, -0.1) is 0 Å². The summed E-state index contributed by atoms with van der Waals surface area (Å²) in [7, 11) is 0. The number of carboxylic acids is 1. The number of hydrogen-bond donors (Lipinski definition) is 1. The van der Waals surface area contributed by atoms with Gasteiger partial charge in [-0.05, 0) is 38.0 Å². The molecule has 2 fully saturated rings. The van der Waals surface area contributed by atoms with Gasteiger partial charge in [-0.2, -0.15) is 0 Å². The first kappa shape index (κ1) is 14.4. The first-order chi connectivity index (χ1) is 9.01. The van der Waals surface area contributed by atoms with Crippen molar-refractivity contribution in [1.29, 1.82) is 0 Å². The number of rotatable bonds is 4. The minimum atomic E-state index is -0.934. The molecule has 2 rings (SSSR count). The molecule has 2 aliphatic rings. The largest absolute Gasteiger partial charge is 0.479 e. The second kappa shape index (κ2) is 5.51. The molecule has 0 spiro atoms. The van der Waals surface area contributed by atoms with Crippen molar-refractivity contribution >= 4 is 11.9 Å². The minimum Gasteiger partial charge on any atom is -0.479 e. The number of aliphatic carboxylic acids is 1. The van der Waals surface area contributed by atoms with Crippen LogP contribution in [0.2, 0.25) is 0 Å². The van der Waals surface area contributed by atoms with Gasteiger partial charge in [0.1, 0.15) is 5.54 Å². The van der Waals surface area contributed by atoms with Gasteiger partial charge in [0.15, 0.2) is 0 Å². The van der Waals surface area contributed by atoms with Gasteiger partial charge in [-0.1, -0.05) is 26.2 Å². The van der Waals surface area contributed by atoms with Crippen LogP contribution >= 0.6 is 0 Å². The van der Waals surface area contributed by atoms with Gasteiger partial charge in [-0.25, -0.2) is 4.79 Å². The quantitative estimate of drug-likeness (QED) is 0.797. The SMILES string of the molecule is CCC1CCCC(C(=O)O)(N(C(C)=O)C2CC2)CC1. The maximum Gasteiger partial charge on any atom is 0.329 e. The molecule has 4 heteroatoms. The minimum absolute atomic E-state index is 0.0696. The Hall–Kier alpha value is -1.06. The number of nitrogens with zero attached hydrogens (tertiary/aromatic N) is 1. The molecular formula is C15H25NO3. The maximum atomic E-state index is 12.0. The van der Waals surface area contributed by atoms with Gasteiger partial charge in [0.05, 0.1) is 0 Å². The number of carboxylic acid groups (broad SMARTS) is 1. The average molecular weight is 267 g/mol. The Morgan fingerprint density at radius 3 is 2.37 bits per heavy atom. The van der Waals surface area contributed by atoms with Crippen LogP contribution in [0.5, 0.6) is 0 Å². The van der Waals surface area contributed by atoms with Gasteiger partial charge in [-0.3, -0.25) is 4.79 Å². The summed E-state index contributed by atoms with van der Waals surface area (Å²) in [6.07, 6.45) is 7.23. The van der Waals surface area contributed by atoms with Crippen molar-refractivity contribution in [3.63, 3.8) is 0 Å². The van der Waals surface area contributed by atoms with Crippen LogP contribution < -0.4 is 0 Å². The molecule has 0 aromatic heterocycles. The second-order valence-electron chi connectivity index (χ2n) is 6.16. The van der Waals surface area contributed by atoms with Crippen molar-refractivity contribution in [3.05, 3.63) is 0 Å². The van der Waals surface area contributed by atoms with Crippen LogP contribution in [-0.2, 0) is 9.59 Å². The van der Waals surface area contributed by atoms with Crippen molar-refractivity contribution in [2.24, 2.45) is 5.92 Å². The van der Waals surface area contributed by atoms with E-state index in [1.807, 2.05) is 0 Å². The highest BCUT2D eigenvalue weighted by atomic mass is 16.4. The molecule has 4 nitrogen and oxygen atoms in total. The standard InChI is InChI=1S/C15H25NO3/c1-3-12-5-4-9-15(10-8-12,14(18)19)16(11(2)17)13-6-7-13/h12-13H,3-10H2,1-2H3,(H,18,19). The van der Waals surface area contributed by atoms with Crippen LogP contribution in [0, 0.1) is 5.92 Å². The monoisotopic (exact) mass is 267 g/mol. The molecule has 2 aliphatic carbocycles. The Kier molecular flexibility index (Phi) is 4.16. The summed E-state index contributed by atoms with van der Waals surface area (Å²) in [6, 6.07) is 0.173. The van der Waals surface area contributed by atoms with Crippen LogP contribution in [0.4, 0.5) is 0 Å². The predicted molar refractivity (Wildman–Crippen MR) is 72.8 cm³/mol. The molecule has 0 saturated heterocycles. The summed E-state index contributed by atoms with van der Waals surface area (Å²) in [5.41, 5.74) is -0.934. The molecular weight excluding hydrogens is 242 g/mol. The molecule has 108 valence electrons. The molecule has 0 heterocycles. The van der Waals surface area contributed by atoms with Gasteiger partial charge in [0.2, 0.25) is 5.91 Å². The van der Waals surface area contributed by atoms with Crippen LogP contribution in [0.1, 0.15) is 65.2 Å². The molecule has 0 bridgehead atoms. The molecule has 19 heavy (non-hydrogen) atoms. The highest BCUT2D eigenvalue weighted by molar-refractivity contribution is 5.86. The average Bonchev–Trinajstić information content (AvgIpc) is 3.16. The van der Waals surface area contributed by atoms with Crippen LogP contribution in [0.15, 0.2) is 0 Å². The lowest BCUT2D eigenvalue weighted by Gasteiger charge is -2.40. The van der Waals surface area contributed by atoms with E-state index in [0.717, 1.165) is 38.5 Å². The normalized spacial score (nSPS) is 31.6. The Bertz CT molecular complexity index is 364. The molecule has 0 radical (unpaired) electrons. The Morgan fingerprint density at radius 2 is 1.89 bits per heavy atom. The highest BCUT2D eigenvalue weighted by Gasteiger charge is 2.51. The van der Waals surface area contributed by atoms with Crippen LogP contribution in [0.25, 0.3) is 0 Å². The molecule has 2 unspecified atom stereocenters. The van der Waals surface area contributed by atoms with Crippen LogP contribution in [-0.4, -0.2) is 33.5 Å². The van der Waals surface area contributed by atoms with Crippen LogP contribution in [0.3, 0.4) is 0 Å². The second-order valence-corrected chi connectivity index (χ2v) is 6.16. The van der Waals surface area contributed by atoms with Crippen molar-refractivity contribution < 1.29 is 14.7 Å². The van der Waals surface area contributed by atoms with E-state index < -0.39 is 11.5 Å². The number of hydrogen-bond acceptors (Lipinski definition) is 2. The third kappa shape index (κ3) is 2.77. The summed E-state index contributed by atoms with van der Waals surface area (Å²) >= 11 is 0. The van der Waals surface area contributed by atoms with E-state index in [0.29, 0.717) is 18.8 Å². The molecule has 1 N–H and O–H groups in total.